The van der Waals surface area contributed by atoms with E-state index in [1.165, 1.54) is 0 Å². The van der Waals surface area contributed by atoms with Crippen LogP contribution in [0.25, 0.3) is 0 Å². The number of nitrogens with one attached hydrogen (secondary N) is 1. The summed E-state index contributed by atoms with van der Waals surface area (Å²) in [6.45, 7) is 5.66. The second-order valence-electron chi connectivity index (χ2n) is 4.71. The van der Waals surface area contributed by atoms with Crippen LogP contribution in [-0.2, 0) is 16.0 Å². The van der Waals surface area contributed by atoms with Crippen LogP contribution >= 0.6 is 11.3 Å². The van der Waals surface area contributed by atoms with Gasteiger partial charge >= 0.3 is 0 Å². The topological polar surface area (TPSA) is 46.2 Å². The quantitative estimate of drug-likeness (QED) is 0.873. The number of hydrogen-bond donors (Lipinski definition) is 1. The molecule has 1 N–H and O–H groups in total. The normalized spacial score (nSPS) is 11.2. The predicted octanol–water partition coefficient (Wildman–Crippen LogP) is 2.02. The molecular weight excluding hydrogens is 222 g/mol. The number of carbonyl (C=O) groups excluding carboxylic acids is 2. The van der Waals surface area contributed by atoms with E-state index < -0.39 is 5.41 Å². The first-order valence-electron chi connectivity index (χ1n) is 5.22. The Hall–Kier alpha value is -1.16. The number of hydrogen-bond acceptors (Lipinski definition) is 3. The number of carbonyl (C=O) groups is 2. The van der Waals surface area contributed by atoms with Gasteiger partial charge in [-0.3, -0.25) is 9.59 Å². The Balaban J connectivity index is 2.34. The number of ketones is 1. The molecule has 0 aliphatic heterocycles. The molecular formula is C12H17NO2S. The second-order valence-corrected chi connectivity index (χ2v) is 5.74. The van der Waals surface area contributed by atoms with Gasteiger partial charge in [0, 0.05) is 10.3 Å². The van der Waals surface area contributed by atoms with Gasteiger partial charge in [0.2, 0.25) is 5.91 Å². The molecule has 0 aliphatic carbocycles. The number of rotatable bonds is 4. The zero-order valence-corrected chi connectivity index (χ0v) is 10.7. The summed E-state index contributed by atoms with van der Waals surface area (Å²) in [5, 5.41) is 4.58. The van der Waals surface area contributed by atoms with Gasteiger partial charge in [0.05, 0.1) is 13.0 Å². The number of amides is 1. The highest BCUT2D eigenvalue weighted by molar-refractivity contribution is 7.10. The van der Waals surface area contributed by atoms with E-state index in [1.807, 2.05) is 38.3 Å². The SMILES string of the molecule is CC(C)(C)C(=O)CNC(=O)Cc1cccs1. The molecule has 0 saturated carbocycles. The largest absolute Gasteiger partial charge is 0.349 e. The Bertz CT molecular complexity index is 363. The van der Waals surface area contributed by atoms with Crippen LogP contribution in [-0.4, -0.2) is 18.2 Å². The summed E-state index contributed by atoms with van der Waals surface area (Å²) in [5.74, 6) is -0.0490. The van der Waals surface area contributed by atoms with Gasteiger partial charge in [-0.15, -0.1) is 11.3 Å². The first-order chi connectivity index (χ1) is 7.39. The van der Waals surface area contributed by atoms with Crippen LogP contribution in [0.2, 0.25) is 0 Å². The van der Waals surface area contributed by atoms with E-state index in [-0.39, 0.29) is 18.2 Å². The average Bonchev–Trinajstić information content (AvgIpc) is 2.65. The molecule has 1 amide bonds. The highest BCUT2D eigenvalue weighted by atomic mass is 32.1. The van der Waals surface area contributed by atoms with Crippen molar-refractivity contribution >= 4 is 23.0 Å². The van der Waals surface area contributed by atoms with Crippen molar-refractivity contribution < 1.29 is 9.59 Å². The van der Waals surface area contributed by atoms with Crippen molar-refractivity contribution in [2.24, 2.45) is 5.41 Å². The number of Topliss-reactive ketones (excluding diaryl/α,β-unsaturated/α-hetero) is 1. The van der Waals surface area contributed by atoms with Crippen LogP contribution < -0.4 is 5.32 Å². The van der Waals surface area contributed by atoms with Crippen LogP contribution in [0.1, 0.15) is 25.6 Å². The minimum Gasteiger partial charge on any atom is -0.349 e. The lowest BCUT2D eigenvalue weighted by Gasteiger charge is -2.16. The summed E-state index contributed by atoms with van der Waals surface area (Å²) in [7, 11) is 0. The van der Waals surface area contributed by atoms with E-state index in [9.17, 15) is 9.59 Å². The zero-order valence-electron chi connectivity index (χ0n) is 9.87. The lowest BCUT2D eigenvalue weighted by Crippen LogP contribution is -2.36. The van der Waals surface area contributed by atoms with Crippen LogP contribution in [0.5, 0.6) is 0 Å². The molecule has 1 aromatic heterocycles. The van der Waals surface area contributed by atoms with Gasteiger partial charge in [-0.05, 0) is 11.4 Å². The second kappa shape index (κ2) is 5.25. The molecule has 4 heteroatoms. The van der Waals surface area contributed by atoms with Gasteiger partial charge in [-0.25, -0.2) is 0 Å². The van der Waals surface area contributed by atoms with E-state index in [2.05, 4.69) is 5.32 Å². The van der Waals surface area contributed by atoms with Crippen LogP contribution in [0.4, 0.5) is 0 Å². The fourth-order valence-electron chi connectivity index (χ4n) is 1.08. The van der Waals surface area contributed by atoms with Gasteiger partial charge in [-0.2, -0.15) is 0 Å². The molecule has 0 spiro atoms. The third-order valence-corrected chi connectivity index (χ3v) is 3.07. The molecule has 1 rings (SSSR count). The summed E-state index contributed by atoms with van der Waals surface area (Å²) in [4.78, 5) is 24.1. The molecule has 0 aromatic carbocycles. The molecule has 1 aromatic rings. The summed E-state index contributed by atoms with van der Waals surface area (Å²) >= 11 is 1.55. The molecule has 0 aliphatic rings. The van der Waals surface area contributed by atoms with E-state index in [0.717, 1.165) is 4.88 Å². The first-order valence-corrected chi connectivity index (χ1v) is 6.10. The maximum absolute atomic E-state index is 11.6. The van der Waals surface area contributed by atoms with E-state index >= 15 is 0 Å². The Labute approximate surface area is 99.9 Å². The van der Waals surface area contributed by atoms with Crippen molar-refractivity contribution in [1.29, 1.82) is 0 Å². The first kappa shape index (κ1) is 12.9. The minimum absolute atomic E-state index is 0.0482. The maximum Gasteiger partial charge on any atom is 0.225 e. The summed E-state index contributed by atoms with van der Waals surface area (Å²) in [6.07, 6.45) is 0.356. The Morgan fingerprint density at radius 2 is 2.06 bits per heavy atom. The van der Waals surface area contributed by atoms with Crippen molar-refractivity contribution in [2.75, 3.05) is 6.54 Å². The monoisotopic (exact) mass is 239 g/mol. The molecule has 88 valence electrons. The molecule has 16 heavy (non-hydrogen) atoms. The third-order valence-electron chi connectivity index (χ3n) is 2.20. The van der Waals surface area contributed by atoms with Crippen molar-refractivity contribution in [2.45, 2.75) is 27.2 Å². The molecule has 3 nitrogen and oxygen atoms in total. The summed E-state index contributed by atoms with van der Waals surface area (Å²) in [5.41, 5.74) is -0.393. The highest BCUT2D eigenvalue weighted by Gasteiger charge is 2.21. The maximum atomic E-state index is 11.6. The Kier molecular flexibility index (Phi) is 4.24. The van der Waals surface area contributed by atoms with Gasteiger partial charge in [0.25, 0.3) is 0 Å². The minimum atomic E-state index is -0.393. The molecule has 0 bridgehead atoms. The summed E-state index contributed by atoms with van der Waals surface area (Å²) < 4.78 is 0. The highest BCUT2D eigenvalue weighted by Crippen LogP contribution is 2.13. The van der Waals surface area contributed by atoms with Crippen LogP contribution in [0.3, 0.4) is 0 Å². The Morgan fingerprint density at radius 3 is 2.56 bits per heavy atom. The van der Waals surface area contributed by atoms with Gasteiger partial charge in [0.15, 0.2) is 5.78 Å². The van der Waals surface area contributed by atoms with Crippen molar-refractivity contribution in [3.8, 4) is 0 Å². The molecule has 1 heterocycles. The lowest BCUT2D eigenvalue weighted by molar-refractivity contribution is -0.128. The fraction of sp³-hybridized carbons (Fsp3) is 0.500. The Morgan fingerprint density at radius 1 is 1.38 bits per heavy atom. The fourth-order valence-corrected chi connectivity index (χ4v) is 1.78. The molecule has 0 saturated heterocycles. The van der Waals surface area contributed by atoms with Gasteiger partial charge in [0.1, 0.15) is 0 Å². The zero-order chi connectivity index (χ0) is 12.2. The molecule has 0 atom stereocenters. The molecule has 0 radical (unpaired) electrons. The third kappa shape index (κ3) is 4.14. The molecule has 0 unspecified atom stereocenters. The standard InChI is InChI=1S/C12H17NO2S/c1-12(2,3)10(14)8-13-11(15)7-9-5-4-6-16-9/h4-6H,7-8H2,1-3H3,(H,13,15). The van der Waals surface area contributed by atoms with Crippen LogP contribution in [0.15, 0.2) is 17.5 Å². The lowest BCUT2D eigenvalue weighted by atomic mass is 9.91. The predicted molar refractivity (Wildman–Crippen MR) is 65.5 cm³/mol. The van der Waals surface area contributed by atoms with E-state index in [0.29, 0.717) is 6.42 Å². The average molecular weight is 239 g/mol. The van der Waals surface area contributed by atoms with E-state index in [1.54, 1.807) is 11.3 Å². The number of thiophene rings is 1. The van der Waals surface area contributed by atoms with Crippen molar-refractivity contribution in [3.63, 3.8) is 0 Å². The van der Waals surface area contributed by atoms with Gasteiger partial charge in [-0.1, -0.05) is 26.8 Å². The van der Waals surface area contributed by atoms with Crippen molar-refractivity contribution in [3.05, 3.63) is 22.4 Å². The van der Waals surface area contributed by atoms with Crippen molar-refractivity contribution in [1.82, 2.24) is 5.32 Å². The van der Waals surface area contributed by atoms with Gasteiger partial charge < -0.3 is 5.32 Å². The molecule has 0 fully saturated rings. The smallest absolute Gasteiger partial charge is 0.225 e. The van der Waals surface area contributed by atoms with E-state index in [4.69, 9.17) is 0 Å². The van der Waals surface area contributed by atoms with Crippen LogP contribution in [0, 0.1) is 5.41 Å². The summed E-state index contributed by atoms with van der Waals surface area (Å²) in [6, 6.07) is 3.82.